The molecule has 2 N–H and O–H groups in total. The van der Waals surface area contributed by atoms with Gasteiger partial charge in [-0.2, -0.15) is 0 Å². The lowest BCUT2D eigenvalue weighted by atomic mass is 10.2. The molecular formula is C20H22N6O2. The third-order valence-electron chi connectivity index (χ3n) is 4.85. The molecule has 1 atom stereocenters. The molecule has 4 rings (SSSR count). The van der Waals surface area contributed by atoms with Crippen molar-refractivity contribution >= 4 is 23.3 Å². The van der Waals surface area contributed by atoms with E-state index < -0.39 is 0 Å². The fourth-order valence-electron chi connectivity index (χ4n) is 3.36. The van der Waals surface area contributed by atoms with E-state index in [9.17, 15) is 9.59 Å². The molecule has 1 fully saturated rings. The molecule has 3 heterocycles. The summed E-state index contributed by atoms with van der Waals surface area (Å²) in [5.74, 6) is 0.839. The zero-order valence-electron chi connectivity index (χ0n) is 15.6. The number of aromatic nitrogens is 3. The van der Waals surface area contributed by atoms with Crippen molar-refractivity contribution in [2.24, 2.45) is 0 Å². The van der Waals surface area contributed by atoms with E-state index in [-0.39, 0.29) is 18.0 Å². The average molecular weight is 378 g/mol. The van der Waals surface area contributed by atoms with Gasteiger partial charge in [-0.05, 0) is 43.2 Å². The molecule has 0 aliphatic carbocycles. The van der Waals surface area contributed by atoms with Crippen LogP contribution in [0.2, 0.25) is 0 Å². The first-order valence-corrected chi connectivity index (χ1v) is 9.35. The van der Waals surface area contributed by atoms with Gasteiger partial charge in [-0.15, -0.1) is 10.2 Å². The standard InChI is InChI=1S/C20H22N6O2/c1-14(19-24-23-17-5-2-3-11-26(17)19)22-20(28)21-13-15-7-9-16(10-8-15)25-12-4-6-18(25)27/h2-3,5,7-11,14H,4,6,12-13H2,1H3,(H2,21,22,28). The molecule has 0 radical (unpaired) electrons. The Balaban J connectivity index is 1.32. The summed E-state index contributed by atoms with van der Waals surface area (Å²) < 4.78 is 1.85. The van der Waals surface area contributed by atoms with Crippen LogP contribution in [0.5, 0.6) is 0 Å². The summed E-state index contributed by atoms with van der Waals surface area (Å²) in [5, 5.41) is 14.0. The van der Waals surface area contributed by atoms with E-state index >= 15 is 0 Å². The normalized spacial score (nSPS) is 15.0. The second kappa shape index (κ2) is 7.67. The molecule has 0 saturated carbocycles. The van der Waals surface area contributed by atoms with E-state index in [2.05, 4.69) is 20.8 Å². The van der Waals surface area contributed by atoms with Gasteiger partial charge in [-0.1, -0.05) is 18.2 Å². The summed E-state index contributed by atoms with van der Waals surface area (Å²) in [6, 6.07) is 12.8. The number of urea groups is 1. The van der Waals surface area contributed by atoms with E-state index in [4.69, 9.17) is 0 Å². The molecule has 28 heavy (non-hydrogen) atoms. The minimum atomic E-state index is -0.291. The lowest BCUT2D eigenvalue weighted by Gasteiger charge is -2.16. The highest BCUT2D eigenvalue weighted by Crippen LogP contribution is 2.21. The van der Waals surface area contributed by atoms with Gasteiger partial charge in [-0.25, -0.2) is 4.79 Å². The molecule has 2 aromatic heterocycles. The first-order chi connectivity index (χ1) is 13.6. The Morgan fingerprint density at radius 3 is 2.75 bits per heavy atom. The van der Waals surface area contributed by atoms with Crippen LogP contribution in [0.3, 0.4) is 0 Å². The van der Waals surface area contributed by atoms with Gasteiger partial charge in [0.2, 0.25) is 5.91 Å². The maximum Gasteiger partial charge on any atom is 0.315 e. The topological polar surface area (TPSA) is 91.6 Å². The summed E-state index contributed by atoms with van der Waals surface area (Å²) >= 11 is 0. The highest BCUT2D eigenvalue weighted by Gasteiger charge is 2.21. The predicted molar refractivity (Wildman–Crippen MR) is 105 cm³/mol. The van der Waals surface area contributed by atoms with E-state index in [0.717, 1.165) is 29.9 Å². The monoisotopic (exact) mass is 378 g/mol. The van der Waals surface area contributed by atoms with Crippen molar-refractivity contribution in [3.63, 3.8) is 0 Å². The Bertz CT molecular complexity index is 997. The van der Waals surface area contributed by atoms with Gasteiger partial charge in [-0.3, -0.25) is 9.20 Å². The summed E-state index contributed by atoms with van der Waals surface area (Å²) in [5.41, 5.74) is 2.61. The molecule has 1 aliphatic heterocycles. The molecular weight excluding hydrogens is 356 g/mol. The van der Waals surface area contributed by atoms with E-state index in [0.29, 0.717) is 18.8 Å². The molecule has 8 heteroatoms. The number of nitrogens with zero attached hydrogens (tertiary/aromatic N) is 4. The second-order valence-corrected chi connectivity index (χ2v) is 6.85. The Labute approximate surface area is 162 Å². The Morgan fingerprint density at radius 2 is 2.00 bits per heavy atom. The summed E-state index contributed by atoms with van der Waals surface area (Å²) in [6.07, 6.45) is 3.39. The first-order valence-electron chi connectivity index (χ1n) is 9.35. The number of amides is 3. The van der Waals surface area contributed by atoms with Crippen molar-refractivity contribution in [1.29, 1.82) is 0 Å². The highest BCUT2D eigenvalue weighted by molar-refractivity contribution is 5.95. The maximum absolute atomic E-state index is 12.2. The minimum Gasteiger partial charge on any atom is -0.334 e. The van der Waals surface area contributed by atoms with Crippen molar-refractivity contribution in [3.05, 3.63) is 60.0 Å². The molecule has 0 bridgehead atoms. The first kappa shape index (κ1) is 18.0. The molecule has 8 nitrogen and oxygen atoms in total. The lowest BCUT2D eigenvalue weighted by Crippen LogP contribution is -2.37. The second-order valence-electron chi connectivity index (χ2n) is 6.85. The van der Waals surface area contributed by atoms with Gasteiger partial charge in [0.15, 0.2) is 11.5 Å². The number of anilines is 1. The molecule has 1 aliphatic rings. The van der Waals surface area contributed by atoms with Gasteiger partial charge in [0.05, 0.1) is 6.04 Å². The predicted octanol–water partition coefficient (Wildman–Crippen LogP) is 2.42. The van der Waals surface area contributed by atoms with Crippen molar-refractivity contribution in [1.82, 2.24) is 25.2 Å². The third-order valence-corrected chi connectivity index (χ3v) is 4.85. The highest BCUT2D eigenvalue weighted by atomic mass is 16.2. The van der Waals surface area contributed by atoms with Crippen LogP contribution in [0, 0.1) is 0 Å². The number of hydrogen-bond acceptors (Lipinski definition) is 4. The van der Waals surface area contributed by atoms with Crippen molar-refractivity contribution < 1.29 is 9.59 Å². The van der Waals surface area contributed by atoms with Crippen LogP contribution in [-0.2, 0) is 11.3 Å². The summed E-state index contributed by atoms with van der Waals surface area (Å²) in [7, 11) is 0. The molecule has 1 aromatic carbocycles. The van der Waals surface area contributed by atoms with Crippen molar-refractivity contribution in [3.8, 4) is 0 Å². The van der Waals surface area contributed by atoms with Gasteiger partial charge < -0.3 is 15.5 Å². The number of fused-ring (bicyclic) bond motifs is 1. The fourth-order valence-corrected chi connectivity index (χ4v) is 3.36. The SMILES string of the molecule is CC(NC(=O)NCc1ccc(N2CCCC2=O)cc1)c1nnc2ccccn12. The van der Waals surface area contributed by atoms with E-state index in [1.54, 1.807) is 4.90 Å². The largest absolute Gasteiger partial charge is 0.334 e. The number of carbonyl (C=O) groups is 2. The smallest absolute Gasteiger partial charge is 0.315 e. The third kappa shape index (κ3) is 3.66. The van der Waals surface area contributed by atoms with Crippen molar-refractivity contribution in [2.75, 3.05) is 11.4 Å². The number of pyridine rings is 1. The average Bonchev–Trinajstić information content (AvgIpc) is 3.33. The zero-order valence-corrected chi connectivity index (χ0v) is 15.6. The van der Waals surface area contributed by atoms with Crippen LogP contribution in [-0.4, -0.2) is 33.1 Å². The van der Waals surface area contributed by atoms with Crippen LogP contribution >= 0.6 is 0 Å². The van der Waals surface area contributed by atoms with Gasteiger partial charge in [0.1, 0.15) is 0 Å². The Kier molecular flexibility index (Phi) is 4.92. The lowest BCUT2D eigenvalue weighted by molar-refractivity contribution is -0.117. The molecule has 3 amide bonds. The molecule has 1 saturated heterocycles. The van der Waals surface area contributed by atoms with Crippen LogP contribution in [0.25, 0.3) is 5.65 Å². The molecule has 3 aromatic rings. The van der Waals surface area contributed by atoms with Gasteiger partial charge in [0.25, 0.3) is 0 Å². The summed E-state index contributed by atoms with van der Waals surface area (Å²) in [6.45, 7) is 3.03. The number of carbonyl (C=O) groups excluding carboxylic acids is 2. The van der Waals surface area contributed by atoms with E-state index in [1.165, 1.54) is 0 Å². The zero-order chi connectivity index (χ0) is 19.5. The van der Waals surface area contributed by atoms with Crippen molar-refractivity contribution in [2.45, 2.75) is 32.4 Å². The number of hydrogen-bond donors (Lipinski definition) is 2. The molecule has 144 valence electrons. The van der Waals surface area contributed by atoms with Gasteiger partial charge >= 0.3 is 6.03 Å². The molecule has 0 spiro atoms. The Morgan fingerprint density at radius 1 is 1.18 bits per heavy atom. The fraction of sp³-hybridized carbons (Fsp3) is 0.300. The number of benzene rings is 1. The van der Waals surface area contributed by atoms with Crippen LogP contribution < -0.4 is 15.5 Å². The number of rotatable bonds is 5. The van der Waals surface area contributed by atoms with Crippen LogP contribution in [0.1, 0.15) is 37.2 Å². The van der Waals surface area contributed by atoms with Crippen LogP contribution in [0.4, 0.5) is 10.5 Å². The van der Waals surface area contributed by atoms with Crippen LogP contribution in [0.15, 0.2) is 48.7 Å². The summed E-state index contributed by atoms with van der Waals surface area (Å²) in [4.78, 5) is 25.9. The molecule has 1 unspecified atom stereocenters. The number of nitrogens with one attached hydrogen (secondary N) is 2. The quantitative estimate of drug-likeness (QED) is 0.713. The maximum atomic E-state index is 12.2. The minimum absolute atomic E-state index is 0.167. The van der Waals surface area contributed by atoms with Gasteiger partial charge in [0, 0.05) is 31.4 Å². The Hall–Kier alpha value is -3.42. The van der Waals surface area contributed by atoms with E-state index in [1.807, 2.05) is 60.0 Å².